The van der Waals surface area contributed by atoms with Crippen LogP contribution in [-0.4, -0.2) is 35.2 Å². The largest absolute Gasteiger partial charge is 0.361 e. The number of pyridine rings is 1. The number of hydrogen-bond donors (Lipinski definition) is 2. The third-order valence-corrected chi connectivity index (χ3v) is 6.00. The molecule has 0 bridgehead atoms. The molecule has 0 aliphatic carbocycles. The molecule has 0 aliphatic heterocycles. The van der Waals surface area contributed by atoms with Crippen molar-refractivity contribution in [1.29, 1.82) is 5.26 Å². The maximum absolute atomic E-state index is 12.6. The summed E-state index contributed by atoms with van der Waals surface area (Å²) in [5.41, 5.74) is 3.11. The Morgan fingerprint density at radius 1 is 1.33 bits per heavy atom. The third-order valence-electron chi connectivity index (χ3n) is 4.52. The summed E-state index contributed by atoms with van der Waals surface area (Å²) in [6.45, 7) is 2.12. The van der Waals surface area contributed by atoms with Crippen molar-refractivity contribution in [2.45, 2.75) is 18.4 Å². The van der Waals surface area contributed by atoms with Gasteiger partial charge in [-0.1, -0.05) is 0 Å². The van der Waals surface area contributed by atoms with Crippen molar-refractivity contribution in [1.82, 2.24) is 24.5 Å². The first-order valence-corrected chi connectivity index (χ1v) is 9.68. The Bertz CT molecular complexity index is 1330. The van der Waals surface area contributed by atoms with E-state index in [-0.39, 0.29) is 17.1 Å². The smallest absolute Gasteiger partial charge is 0.240 e. The van der Waals surface area contributed by atoms with Crippen molar-refractivity contribution in [2.75, 3.05) is 7.05 Å². The molecule has 0 radical (unpaired) electrons. The first kappa shape index (κ1) is 17.2. The normalized spacial score (nSPS) is 11.9. The molecule has 0 aliphatic rings. The van der Waals surface area contributed by atoms with Crippen LogP contribution in [0.5, 0.6) is 0 Å². The van der Waals surface area contributed by atoms with Crippen molar-refractivity contribution in [3.05, 3.63) is 53.5 Å². The number of sulfonamides is 1. The van der Waals surface area contributed by atoms with Crippen molar-refractivity contribution < 1.29 is 8.42 Å². The van der Waals surface area contributed by atoms with Gasteiger partial charge in [0.1, 0.15) is 11.8 Å². The number of hydrogen-bond acceptors (Lipinski definition) is 5. The zero-order valence-electron chi connectivity index (χ0n) is 14.7. The summed E-state index contributed by atoms with van der Waals surface area (Å²) >= 11 is 0. The Morgan fingerprint density at radius 2 is 2.15 bits per heavy atom. The molecule has 1 aromatic carbocycles. The summed E-state index contributed by atoms with van der Waals surface area (Å²) in [7, 11) is -2.25. The maximum atomic E-state index is 12.6. The Hall–Kier alpha value is -3.22. The van der Waals surface area contributed by atoms with Crippen LogP contribution >= 0.6 is 0 Å². The molecule has 4 rings (SSSR count). The average molecular weight is 380 g/mol. The second-order valence-electron chi connectivity index (χ2n) is 6.19. The van der Waals surface area contributed by atoms with E-state index in [0.717, 1.165) is 21.9 Å². The van der Waals surface area contributed by atoms with Gasteiger partial charge in [-0.25, -0.2) is 18.1 Å². The van der Waals surface area contributed by atoms with Crippen LogP contribution in [0.2, 0.25) is 0 Å². The molecule has 27 heavy (non-hydrogen) atoms. The molecular weight excluding hydrogens is 364 g/mol. The highest BCUT2D eigenvalue weighted by Gasteiger charge is 2.21. The number of aryl methyl sites for hydroxylation is 1. The molecule has 0 spiro atoms. The monoisotopic (exact) mass is 380 g/mol. The number of nitrogens with one attached hydrogen (secondary N) is 2. The predicted octanol–water partition coefficient (Wildman–Crippen LogP) is 2.05. The van der Waals surface area contributed by atoms with Crippen LogP contribution in [0.3, 0.4) is 0 Å². The zero-order chi connectivity index (χ0) is 19.2. The van der Waals surface area contributed by atoms with Crippen molar-refractivity contribution in [3.63, 3.8) is 0 Å². The molecule has 3 aromatic heterocycles. The summed E-state index contributed by atoms with van der Waals surface area (Å²) in [5, 5.41) is 15.0. The molecule has 0 saturated heterocycles. The molecule has 0 saturated carbocycles. The summed E-state index contributed by atoms with van der Waals surface area (Å²) in [4.78, 5) is 7.56. The number of rotatable bonds is 4. The lowest BCUT2D eigenvalue weighted by Gasteiger charge is -2.13. The minimum atomic E-state index is -3.65. The molecule has 3 heterocycles. The van der Waals surface area contributed by atoms with Gasteiger partial charge in [-0.3, -0.25) is 4.68 Å². The quantitative estimate of drug-likeness (QED) is 0.562. The van der Waals surface area contributed by atoms with Crippen LogP contribution in [0, 0.1) is 18.3 Å². The fourth-order valence-electron chi connectivity index (χ4n) is 3.20. The van der Waals surface area contributed by atoms with Gasteiger partial charge in [-0.05, 0) is 43.8 Å². The molecule has 2 N–H and O–H groups in total. The van der Waals surface area contributed by atoms with Crippen LogP contribution in [0.25, 0.3) is 21.9 Å². The highest BCUT2D eigenvalue weighted by atomic mass is 32.2. The van der Waals surface area contributed by atoms with E-state index in [4.69, 9.17) is 5.26 Å². The number of aromatic amines is 1. The van der Waals surface area contributed by atoms with Crippen molar-refractivity contribution in [2.24, 2.45) is 0 Å². The summed E-state index contributed by atoms with van der Waals surface area (Å²) in [6.07, 6.45) is 3.58. The zero-order valence-corrected chi connectivity index (χ0v) is 15.5. The highest BCUT2D eigenvalue weighted by molar-refractivity contribution is 7.89. The van der Waals surface area contributed by atoms with Gasteiger partial charge in [0.25, 0.3) is 0 Å². The lowest BCUT2D eigenvalue weighted by molar-refractivity contribution is 0.585. The highest BCUT2D eigenvalue weighted by Crippen LogP contribution is 2.29. The molecule has 9 heteroatoms. The molecular formula is C18H16N6O2S. The summed E-state index contributed by atoms with van der Waals surface area (Å²) in [5.74, 6) is 0. The van der Waals surface area contributed by atoms with Gasteiger partial charge >= 0.3 is 0 Å². The number of nitrogens with zero attached hydrogens (tertiary/aromatic N) is 4. The van der Waals surface area contributed by atoms with Crippen molar-refractivity contribution >= 4 is 32.0 Å². The Balaban J connectivity index is 1.91. The van der Waals surface area contributed by atoms with E-state index in [0.29, 0.717) is 11.2 Å². The first-order valence-electron chi connectivity index (χ1n) is 8.20. The van der Waals surface area contributed by atoms with Gasteiger partial charge in [0, 0.05) is 34.2 Å². The lowest BCUT2D eigenvalue weighted by Crippen LogP contribution is -2.21. The third kappa shape index (κ3) is 2.85. The summed E-state index contributed by atoms with van der Waals surface area (Å²) in [6, 6.07) is 8.92. The van der Waals surface area contributed by atoms with Crippen molar-refractivity contribution in [3.8, 4) is 6.07 Å². The minimum Gasteiger partial charge on any atom is -0.361 e. The standard InChI is InChI=1S/C18H16N6O2S/c1-11-7-16(27(25,26)20-2)15(14-5-6-21-17(11)14)10-24-9-12-3-4-13(8-19)22-18(12)23-24/h3-7,9,20-21H,10H2,1-2H3. The van der Waals surface area contributed by atoms with E-state index in [2.05, 4.69) is 19.8 Å². The van der Waals surface area contributed by atoms with Crippen LogP contribution < -0.4 is 4.72 Å². The number of fused-ring (bicyclic) bond motifs is 2. The molecule has 0 amide bonds. The molecule has 4 aromatic rings. The van der Waals surface area contributed by atoms with E-state index in [9.17, 15) is 8.42 Å². The van der Waals surface area contributed by atoms with Crippen LogP contribution in [0.1, 0.15) is 16.8 Å². The maximum Gasteiger partial charge on any atom is 0.240 e. The Labute approximate surface area is 155 Å². The van der Waals surface area contributed by atoms with E-state index < -0.39 is 10.0 Å². The van der Waals surface area contributed by atoms with Gasteiger partial charge in [0.2, 0.25) is 10.0 Å². The first-order chi connectivity index (χ1) is 12.9. The molecule has 8 nitrogen and oxygen atoms in total. The minimum absolute atomic E-state index is 0.222. The SMILES string of the molecule is CNS(=O)(=O)c1cc(C)c2[nH]ccc2c1Cn1cc2ccc(C#N)nc2n1. The van der Waals surface area contributed by atoms with Gasteiger partial charge in [-0.2, -0.15) is 10.4 Å². The molecule has 0 atom stereocenters. The topological polar surface area (TPSA) is 116 Å². The van der Waals surface area contributed by atoms with Gasteiger partial charge in [-0.15, -0.1) is 0 Å². The number of H-pyrrole nitrogens is 1. The summed E-state index contributed by atoms with van der Waals surface area (Å²) < 4.78 is 29.2. The second kappa shape index (κ2) is 6.19. The second-order valence-corrected chi connectivity index (χ2v) is 8.05. The number of aromatic nitrogens is 4. The Morgan fingerprint density at radius 3 is 2.89 bits per heavy atom. The van der Waals surface area contributed by atoms with E-state index in [1.54, 1.807) is 35.3 Å². The average Bonchev–Trinajstić information content (AvgIpc) is 3.29. The van der Waals surface area contributed by atoms with Crippen LogP contribution in [-0.2, 0) is 16.6 Å². The number of nitriles is 1. The van der Waals surface area contributed by atoms with Crippen LogP contribution in [0.4, 0.5) is 0 Å². The van der Waals surface area contributed by atoms with E-state index in [1.807, 2.05) is 19.1 Å². The fraction of sp³-hybridized carbons (Fsp3) is 0.167. The van der Waals surface area contributed by atoms with Gasteiger partial charge in [0.05, 0.1) is 11.4 Å². The lowest BCUT2D eigenvalue weighted by atomic mass is 10.1. The number of benzene rings is 1. The fourth-order valence-corrected chi connectivity index (χ4v) is 4.26. The molecule has 0 unspecified atom stereocenters. The van der Waals surface area contributed by atoms with Gasteiger partial charge in [0.15, 0.2) is 5.65 Å². The van der Waals surface area contributed by atoms with Crippen LogP contribution in [0.15, 0.2) is 41.6 Å². The molecule has 0 fully saturated rings. The van der Waals surface area contributed by atoms with E-state index in [1.165, 1.54) is 7.05 Å². The molecule has 136 valence electrons. The van der Waals surface area contributed by atoms with E-state index >= 15 is 0 Å². The Kier molecular flexibility index (Phi) is 3.95. The van der Waals surface area contributed by atoms with Gasteiger partial charge < -0.3 is 4.98 Å². The predicted molar refractivity (Wildman–Crippen MR) is 101 cm³/mol.